The normalized spacial score (nSPS) is 10.4. The van der Waals surface area contributed by atoms with Crippen molar-refractivity contribution in [1.29, 1.82) is 0 Å². The Labute approximate surface area is 98.3 Å². The summed E-state index contributed by atoms with van der Waals surface area (Å²) in [6.07, 6.45) is 2.57. The molecule has 2 heterocycles. The Balaban J connectivity index is 2.13. The number of carboxylic acids is 1. The fraction of sp³-hybridized carbons (Fsp3) is 0.125. The number of imidazole rings is 1. The summed E-state index contributed by atoms with van der Waals surface area (Å²) in [7, 11) is 0. The minimum absolute atomic E-state index is 0.00499. The zero-order chi connectivity index (χ0) is 12.4. The van der Waals surface area contributed by atoms with Crippen LogP contribution in [0.5, 0.6) is 0 Å². The number of aromatic carboxylic acids is 1. The van der Waals surface area contributed by atoms with E-state index in [1.807, 2.05) is 0 Å². The minimum Gasteiger partial charge on any atom is -0.476 e. The summed E-state index contributed by atoms with van der Waals surface area (Å²) in [6.45, 7) is 0.255. The van der Waals surface area contributed by atoms with Crippen LogP contribution in [0.25, 0.3) is 0 Å². The van der Waals surface area contributed by atoms with Crippen molar-refractivity contribution in [3.05, 3.63) is 38.7 Å². The van der Waals surface area contributed by atoms with E-state index in [4.69, 9.17) is 5.11 Å². The monoisotopic (exact) mass is 254 g/mol. The second-order valence-corrected chi connectivity index (χ2v) is 3.97. The molecule has 0 radical (unpaired) electrons. The van der Waals surface area contributed by atoms with E-state index >= 15 is 0 Å². The third kappa shape index (κ3) is 2.45. The van der Waals surface area contributed by atoms with Crippen LogP contribution in [0.4, 0.5) is 5.82 Å². The van der Waals surface area contributed by atoms with Gasteiger partial charge in [-0.2, -0.15) is 0 Å². The molecule has 0 saturated heterocycles. The van der Waals surface area contributed by atoms with Crippen molar-refractivity contribution < 1.29 is 14.8 Å². The topological polar surface area (TPSA) is 111 Å². The summed E-state index contributed by atoms with van der Waals surface area (Å²) in [5, 5.41) is 20.7. The van der Waals surface area contributed by atoms with Gasteiger partial charge in [-0.15, -0.1) is 11.3 Å². The predicted molar refractivity (Wildman–Crippen MR) is 57.1 cm³/mol. The van der Waals surface area contributed by atoms with Gasteiger partial charge in [-0.25, -0.2) is 9.78 Å². The summed E-state index contributed by atoms with van der Waals surface area (Å²) >= 11 is 1.01. The lowest BCUT2D eigenvalue weighted by molar-refractivity contribution is -0.389. The van der Waals surface area contributed by atoms with Crippen LogP contribution in [0.2, 0.25) is 0 Å². The highest BCUT2D eigenvalue weighted by Crippen LogP contribution is 2.12. The number of hydrogen-bond acceptors (Lipinski definition) is 6. The highest BCUT2D eigenvalue weighted by molar-refractivity contribution is 7.11. The summed E-state index contributed by atoms with van der Waals surface area (Å²) in [5.41, 5.74) is 0.527. The Hall–Kier alpha value is -2.29. The fourth-order valence-electron chi connectivity index (χ4n) is 1.19. The maximum absolute atomic E-state index is 10.6. The van der Waals surface area contributed by atoms with Gasteiger partial charge >= 0.3 is 11.8 Å². The SMILES string of the molecule is O=C(O)c1nc(Cn2cnc([N+](=O)[O-])c2)cs1. The molecule has 0 fully saturated rings. The van der Waals surface area contributed by atoms with Gasteiger partial charge in [-0.1, -0.05) is 0 Å². The molecule has 8 nitrogen and oxygen atoms in total. The molecule has 88 valence electrons. The Morgan fingerprint density at radius 1 is 1.65 bits per heavy atom. The van der Waals surface area contributed by atoms with Gasteiger partial charge in [0, 0.05) is 5.38 Å². The van der Waals surface area contributed by atoms with E-state index in [0.29, 0.717) is 5.69 Å². The largest absolute Gasteiger partial charge is 0.476 e. The van der Waals surface area contributed by atoms with E-state index in [2.05, 4.69) is 9.97 Å². The van der Waals surface area contributed by atoms with Gasteiger partial charge in [0.1, 0.15) is 6.20 Å². The summed E-state index contributed by atoms with van der Waals surface area (Å²) in [4.78, 5) is 27.8. The molecule has 17 heavy (non-hydrogen) atoms. The van der Waals surface area contributed by atoms with Crippen LogP contribution in [0.3, 0.4) is 0 Å². The van der Waals surface area contributed by atoms with Crippen molar-refractivity contribution in [2.45, 2.75) is 6.54 Å². The Morgan fingerprint density at radius 3 is 2.94 bits per heavy atom. The van der Waals surface area contributed by atoms with E-state index in [1.54, 1.807) is 5.38 Å². The molecule has 2 aromatic heterocycles. The first-order valence-electron chi connectivity index (χ1n) is 4.40. The molecular weight excluding hydrogens is 248 g/mol. The quantitative estimate of drug-likeness (QED) is 0.643. The number of carbonyl (C=O) groups is 1. The highest BCUT2D eigenvalue weighted by Gasteiger charge is 2.12. The lowest BCUT2D eigenvalue weighted by atomic mass is 10.5. The number of nitrogens with zero attached hydrogens (tertiary/aromatic N) is 4. The first kappa shape index (κ1) is 11.2. The zero-order valence-corrected chi connectivity index (χ0v) is 9.12. The van der Waals surface area contributed by atoms with Gasteiger partial charge in [0.05, 0.1) is 12.2 Å². The number of nitro groups is 1. The molecule has 2 rings (SSSR count). The molecule has 9 heteroatoms. The Morgan fingerprint density at radius 2 is 2.41 bits per heavy atom. The van der Waals surface area contributed by atoms with E-state index in [9.17, 15) is 14.9 Å². The Kier molecular flexibility index (Phi) is 2.83. The van der Waals surface area contributed by atoms with Crippen LogP contribution in [-0.2, 0) is 6.54 Å². The number of thiazole rings is 1. The van der Waals surface area contributed by atoms with E-state index in [0.717, 1.165) is 11.3 Å². The van der Waals surface area contributed by atoms with E-state index in [1.165, 1.54) is 17.1 Å². The molecule has 2 aromatic rings. The first-order chi connectivity index (χ1) is 8.06. The van der Waals surface area contributed by atoms with Gasteiger partial charge in [-0.05, 0) is 9.91 Å². The average Bonchev–Trinajstić information content (AvgIpc) is 2.87. The number of carboxylic acid groups (broad SMARTS) is 1. The van der Waals surface area contributed by atoms with Crippen LogP contribution in [-0.4, -0.2) is 30.5 Å². The van der Waals surface area contributed by atoms with Crippen LogP contribution in [0, 0.1) is 10.1 Å². The third-order valence-electron chi connectivity index (χ3n) is 1.89. The Bertz CT molecular complexity index is 525. The molecule has 0 bridgehead atoms. The average molecular weight is 254 g/mol. The second kappa shape index (κ2) is 4.29. The molecule has 1 N–H and O–H groups in total. The number of aromatic nitrogens is 3. The van der Waals surface area contributed by atoms with Crippen LogP contribution < -0.4 is 0 Å². The first-order valence-corrected chi connectivity index (χ1v) is 5.28. The smallest absolute Gasteiger partial charge is 0.381 e. The molecule has 0 aliphatic carbocycles. The zero-order valence-electron chi connectivity index (χ0n) is 8.31. The summed E-state index contributed by atoms with van der Waals surface area (Å²) < 4.78 is 1.47. The van der Waals surface area contributed by atoms with Gasteiger partial charge in [0.25, 0.3) is 0 Å². The van der Waals surface area contributed by atoms with Gasteiger partial charge in [0.2, 0.25) is 11.3 Å². The molecule has 0 spiro atoms. The van der Waals surface area contributed by atoms with Crippen molar-refractivity contribution in [1.82, 2.24) is 14.5 Å². The van der Waals surface area contributed by atoms with Crippen molar-refractivity contribution in [2.75, 3.05) is 0 Å². The molecule has 0 unspecified atom stereocenters. The molecule has 0 amide bonds. The van der Waals surface area contributed by atoms with Crippen LogP contribution in [0.15, 0.2) is 17.9 Å². The maximum Gasteiger partial charge on any atom is 0.381 e. The molecule has 0 saturated carbocycles. The van der Waals surface area contributed by atoms with Gasteiger partial charge in [0.15, 0.2) is 0 Å². The standard InChI is InChI=1S/C8H6N4O4S/c13-8(14)7-10-5(3-17-7)1-11-2-6(9-4-11)12(15)16/h2-4H,1H2,(H,13,14). The second-order valence-electron chi connectivity index (χ2n) is 3.11. The number of rotatable bonds is 4. The van der Waals surface area contributed by atoms with Crippen molar-refractivity contribution in [2.24, 2.45) is 0 Å². The van der Waals surface area contributed by atoms with Gasteiger partial charge in [-0.3, -0.25) is 0 Å². The lowest BCUT2D eigenvalue weighted by Crippen LogP contribution is -1.99. The van der Waals surface area contributed by atoms with E-state index in [-0.39, 0.29) is 17.4 Å². The van der Waals surface area contributed by atoms with E-state index < -0.39 is 10.9 Å². The molecule has 0 aromatic carbocycles. The van der Waals surface area contributed by atoms with Crippen LogP contribution >= 0.6 is 11.3 Å². The molecule has 0 aliphatic heterocycles. The summed E-state index contributed by atoms with van der Waals surface area (Å²) in [6, 6.07) is 0. The number of hydrogen-bond donors (Lipinski definition) is 1. The minimum atomic E-state index is -1.09. The van der Waals surface area contributed by atoms with Gasteiger partial charge < -0.3 is 19.8 Å². The lowest BCUT2D eigenvalue weighted by Gasteiger charge is -1.94. The molecular formula is C8H6N4O4S. The maximum atomic E-state index is 10.6. The third-order valence-corrected chi connectivity index (χ3v) is 2.77. The fourth-order valence-corrected chi connectivity index (χ4v) is 1.84. The van der Waals surface area contributed by atoms with Crippen LogP contribution in [0.1, 0.15) is 15.5 Å². The van der Waals surface area contributed by atoms with Crippen molar-refractivity contribution in [3.8, 4) is 0 Å². The van der Waals surface area contributed by atoms with Crippen molar-refractivity contribution in [3.63, 3.8) is 0 Å². The molecule has 0 aliphatic rings. The molecule has 0 atom stereocenters. The predicted octanol–water partition coefficient (Wildman–Crippen LogP) is 0.994. The highest BCUT2D eigenvalue weighted by atomic mass is 32.1. The van der Waals surface area contributed by atoms with Crippen molar-refractivity contribution >= 4 is 23.1 Å². The summed E-state index contributed by atoms with van der Waals surface area (Å²) in [5.74, 6) is -1.34.